The Labute approximate surface area is 98.1 Å². The highest BCUT2D eigenvalue weighted by atomic mass is 79.9. The van der Waals surface area contributed by atoms with Gasteiger partial charge in [-0.1, -0.05) is 16.8 Å². The zero-order valence-electron chi connectivity index (χ0n) is 7.30. The Hall–Kier alpha value is -1.07. The van der Waals surface area contributed by atoms with Gasteiger partial charge < -0.3 is 10.3 Å². The van der Waals surface area contributed by atoms with Crippen LogP contribution in [0.3, 0.4) is 0 Å². The van der Waals surface area contributed by atoms with E-state index in [4.69, 9.17) is 21.9 Å². The Bertz CT molecular complexity index is 515. The molecule has 6 heteroatoms. The van der Waals surface area contributed by atoms with Crippen LogP contribution >= 0.6 is 27.5 Å². The molecule has 0 aliphatic heterocycles. The van der Waals surface area contributed by atoms with Gasteiger partial charge in [-0.3, -0.25) is 0 Å². The van der Waals surface area contributed by atoms with Crippen LogP contribution in [0.5, 0.6) is 0 Å². The van der Waals surface area contributed by atoms with E-state index in [2.05, 4.69) is 21.1 Å². The zero-order valence-corrected chi connectivity index (χ0v) is 9.64. The van der Waals surface area contributed by atoms with Crippen molar-refractivity contribution in [1.29, 1.82) is 0 Å². The van der Waals surface area contributed by atoms with Gasteiger partial charge in [-0.15, -0.1) is 0 Å². The standard InChI is InChI=1S/C9H5BrClFN2O/c10-4-1-2-5(11)8(9(4)12)6-3-7(13)14-15-6/h1-3H,(H2,13,14). The van der Waals surface area contributed by atoms with E-state index in [1.807, 2.05) is 0 Å². The first-order valence-electron chi connectivity index (χ1n) is 3.95. The number of nitrogens with two attached hydrogens (primary N) is 1. The smallest absolute Gasteiger partial charge is 0.173 e. The third-order valence-corrected chi connectivity index (χ3v) is 2.75. The summed E-state index contributed by atoms with van der Waals surface area (Å²) >= 11 is 8.91. The maximum Gasteiger partial charge on any atom is 0.173 e. The number of hydrogen-bond donors (Lipinski definition) is 1. The molecule has 0 amide bonds. The molecular weight excluding hydrogens is 286 g/mol. The van der Waals surface area contributed by atoms with E-state index in [-0.39, 0.29) is 22.2 Å². The summed E-state index contributed by atoms with van der Waals surface area (Å²) in [6, 6.07) is 4.49. The van der Waals surface area contributed by atoms with Crippen LogP contribution in [-0.2, 0) is 0 Å². The average Bonchev–Trinajstić information content (AvgIpc) is 2.59. The van der Waals surface area contributed by atoms with E-state index in [1.165, 1.54) is 12.1 Å². The Morgan fingerprint density at radius 2 is 2.20 bits per heavy atom. The highest BCUT2D eigenvalue weighted by Gasteiger charge is 2.16. The van der Waals surface area contributed by atoms with E-state index >= 15 is 0 Å². The summed E-state index contributed by atoms with van der Waals surface area (Å²) in [7, 11) is 0. The van der Waals surface area contributed by atoms with Crippen LogP contribution in [0.15, 0.2) is 27.2 Å². The molecule has 78 valence electrons. The lowest BCUT2D eigenvalue weighted by atomic mass is 10.1. The number of nitrogen functional groups attached to an aromatic ring is 1. The van der Waals surface area contributed by atoms with Crippen molar-refractivity contribution in [3.8, 4) is 11.3 Å². The normalized spacial score (nSPS) is 10.6. The first-order valence-corrected chi connectivity index (χ1v) is 5.12. The molecule has 0 spiro atoms. The van der Waals surface area contributed by atoms with Gasteiger partial charge in [-0.2, -0.15) is 0 Å². The minimum absolute atomic E-state index is 0.148. The van der Waals surface area contributed by atoms with Crippen LogP contribution in [0.4, 0.5) is 10.2 Å². The first kappa shape index (κ1) is 10.4. The lowest BCUT2D eigenvalue weighted by Gasteiger charge is -2.02. The summed E-state index contributed by atoms with van der Waals surface area (Å²) in [4.78, 5) is 0. The lowest BCUT2D eigenvalue weighted by molar-refractivity contribution is 0.433. The maximum atomic E-state index is 13.7. The molecule has 0 bridgehead atoms. The second kappa shape index (κ2) is 3.83. The molecule has 1 aromatic heterocycles. The summed E-state index contributed by atoms with van der Waals surface area (Å²) in [6.45, 7) is 0. The summed E-state index contributed by atoms with van der Waals surface area (Å²) < 4.78 is 18.8. The zero-order chi connectivity index (χ0) is 11.0. The van der Waals surface area contributed by atoms with Gasteiger partial charge >= 0.3 is 0 Å². The molecule has 3 nitrogen and oxygen atoms in total. The van der Waals surface area contributed by atoms with E-state index in [9.17, 15) is 4.39 Å². The second-order valence-corrected chi connectivity index (χ2v) is 4.10. The molecule has 0 unspecified atom stereocenters. The van der Waals surface area contributed by atoms with E-state index in [1.54, 1.807) is 6.07 Å². The van der Waals surface area contributed by atoms with Crippen LogP contribution in [-0.4, -0.2) is 5.16 Å². The van der Waals surface area contributed by atoms with Crippen LogP contribution in [0.1, 0.15) is 0 Å². The van der Waals surface area contributed by atoms with Crippen molar-refractivity contribution in [3.05, 3.63) is 33.5 Å². The predicted molar refractivity (Wildman–Crippen MR) is 59.0 cm³/mol. The molecule has 2 rings (SSSR count). The van der Waals surface area contributed by atoms with Gasteiger partial charge in [0.05, 0.1) is 15.1 Å². The number of anilines is 1. The molecule has 0 saturated carbocycles. The first-order chi connectivity index (χ1) is 7.09. The predicted octanol–water partition coefficient (Wildman–Crippen LogP) is 3.48. The number of benzene rings is 1. The molecular formula is C9H5BrClFN2O. The van der Waals surface area contributed by atoms with Crippen molar-refractivity contribution >= 4 is 33.3 Å². The van der Waals surface area contributed by atoms with Crippen molar-refractivity contribution < 1.29 is 8.91 Å². The van der Waals surface area contributed by atoms with Crippen LogP contribution in [0, 0.1) is 5.82 Å². The Balaban J connectivity index is 2.66. The van der Waals surface area contributed by atoms with E-state index in [0.717, 1.165) is 0 Å². The summed E-state index contributed by atoms with van der Waals surface area (Å²) in [5.41, 5.74) is 5.52. The summed E-state index contributed by atoms with van der Waals surface area (Å²) in [5, 5.41) is 3.71. The van der Waals surface area contributed by atoms with Crippen LogP contribution < -0.4 is 5.73 Å². The minimum atomic E-state index is -0.501. The molecule has 0 aliphatic carbocycles. The van der Waals surface area contributed by atoms with Crippen molar-refractivity contribution in [2.75, 3.05) is 5.73 Å². The van der Waals surface area contributed by atoms with Gasteiger partial charge in [-0.25, -0.2) is 4.39 Å². The largest absolute Gasteiger partial charge is 0.381 e. The summed E-state index contributed by atoms with van der Waals surface area (Å²) in [5.74, 6) is -0.115. The molecule has 0 radical (unpaired) electrons. The molecule has 0 aliphatic rings. The van der Waals surface area contributed by atoms with Gasteiger partial charge in [0, 0.05) is 6.07 Å². The van der Waals surface area contributed by atoms with Gasteiger partial charge in [0.1, 0.15) is 5.82 Å². The fourth-order valence-corrected chi connectivity index (χ4v) is 1.73. The number of halogens is 3. The van der Waals surface area contributed by atoms with Crippen molar-refractivity contribution in [3.63, 3.8) is 0 Å². The van der Waals surface area contributed by atoms with Gasteiger partial charge in [0.25, 0.3) is 0 Å². The molecule has 0 saturated heterocycles. The van der Waals surface area contributed by atoms with E-state index < -0.39 is 5.82 Å². The topological polar surface area (TPSA) is 52.0 Å². The second-order valence-electron chi connectivity index (χ2n) is 2.83. The highest BCUT2D eigenvalue weighted by Crippen LogP contribution is 2.34. The molecule has 2 N–H and O–H groups in total. The SMILES string of the molecule is Nc1cc(-c2c(Cl)ccc(Br)c2F)on1. The van der Waals surface area contributed by atoms with Crippen molar-refractivity contribution in [2.24, 2.45) is 0 Å². The Kier molecular flexibility index (Phi) is 2.67. The number of nitrogens with zero attached hydrogens (tertiary/aromatic N) is 1. The highest BCUT2D eigenvalue weighted by molar-refractivity contribution is 9.10. The molecule has 1 heterocycles. The third kappa shape index (κ3) is 1.85. The van der Waals surface area contributed by atoms with Crippen molar-refractivity contribution in [1.82, 2.24) is 5.16 Å². The Morgan fingerprint density at radius 1 is 1.47 bits per heavy atom. The maximum absolute atomic E-state index is 13.7. The van der Waals surface area contributed by atoms with Crippen LogP contribution in [0.25, 0.3) is 11.3 Å². The Morgan fingerprint density at radius 3 is 2.80 bits per heavy atom. The molecule has 1 aromatic carbocycles. The molecule has 0 fully saturated rings. The van der Waals surface area contributed by atoms with Crippen LogP contribution in [0.2, 0.25) is 5.02 Å². The molecule has 15 heavy (non-hydrogen) atoms. The lowest BCUT2D eigenvalue weighted by Crippen LogP contribution is -1.86. The quantitative estimate of drug-likeness (QED) is 0.818. The monoisotopic (exact) mass is 290 g/mol. The van der Waals surface area contributed by atoms with Gasteiger partial charge in [0.15, 0.2) is 11.6 Å². The number of rotatable bonds is 1. The molecule has 0 atom stereocenters. The average molecular weight is 292 g/mol. The number of aromatic nitrogens is 1. The number of hydrogen-bond acceptors (Lipinski definition) is 3. The van der Waals surface area contributed by atoms with Gasteiger partial charge in [-0.05, 0) is 28.1 Å². The fraction of sp³-hybridized carbons (Fsp3) is 0. The fourth-order valence-electron chi connectivity index (χ4n) is 1.16. The van der Waals surface area contributed by atoms with Crippen molar-refractivity contribution in [2.45, 2.75) is 0 Å². The third-order valence-electron chi connectivity index (χ3n) is 1.82. The minimum Gasteiger partial charge on any atom is -0.381 e. The van der Waals surface area contributed by atoms with E-state index in [0.29, 0.717) is 4.47 Å². The molecule has 2 aromatic rings. The van der Waals surface area contributed by atoms with Gasteiger partial charge in [0.2, 0.25) is 0 Å². The summed E-state index contributed by atoms with van der Waals surface area (Å²) in [6.07, 6.45) is 0.